The summed E-state index contributed by atoms with van der Waals surface area (Å²) in [6.07, 6.45) is 0. The first kappa shape index (κ1) is 22.5. The fourth-order valence-corrected chi connectivity index (χ4v) is 4.60. The number of benzene rings is 2. The minimum absolute atomic E-state index is 0.173. The van der Waals surface area contributed by atoms with Crippen LogP contribution in [0.25, 0.3) is 11.4 Å². The van der Waals surface area contributed by atoms with Crippen molar-refractivity contribution in [2.75, 3.05) is 31.2 Å². The Hall–Kier alpha value is -3.24. The van der Waals surface area contributed by atoms with E-state index in [4.69, 9.17) is 9.26 Å². The molecule has 1 unspecified atom stereocenters. The van der Waals surface area contributed by atoms with E-state index >= 15 is 0 Å². The molecule has 2 aromatic carbocycles. The van der Waals surface area contributed by atoms with Crippen molar-refractivity contribution < 1.29 is 13.7 Å². The van der Waals surface area contributed by atoms with Crippen LogP contribution in [0.3, 0.4) is 0 Å². The summed E-state index contributed by atoms with van der Waals surface area (Å²) in [6.45, 7) is 7.22. The smallest absolute Gasteiger partial charge is 0.240 e. The molecule has 1 aliphatic rings. The summed E-state index contributed by atoms with van der Waals surface area (Å²) in [5.41, 5.74) is 2.31. The lowest BCUT2D eigenvalue weighted by Crippen LogP contribution is -2.38. The average Bonchev–Trinajstić information content (AvgIpc) is 3.50. The summed E-state index contributed by atoms with van der Waals surface area (Å²) in [7, 11) is 0. The van der Waals surface area contributed by atoms with Crippen LogP contribution in [-0.4, -0.2) is 51.2 Å². The molecule has 0 N–H and O–H groups in total. The number of morpholine rings is 1. The third kappa shape index (κ3) is 4.83. The highest BCUT2D eigenvalue weighted by atomic mass is 32.2. The summed E-state index contributed by atoms with van der Waals surface area (Å²) in [6, 6.07) is 15.1. The molecule has 0 spiro atoms. The number of rotatable bonds is 7. The van der Waals surface area contributed by atoms with Gasteiger partial charge in [0.25, 0.3) is 0 Å². The molecule has 3 heterocycles. The van der Waals surface area contributed by atoms with Crippen LogP contribution in [0.5, 0.6) is 0 Å². The van der Waals surface area contributed by atoms with E-state index in [-0.39, 0.29) is 11.1 Å². The lowest BCUT2D eigenvalue weighted by molar-refractivity contribution is 0.121. The molecule has 1 fully saturated rings. The Labute approximate surface area is 201 Å². The van der Waals surface area contributed by atoms with E-state index in [2.05, 4.69) is 41.9 Å². The molecule has 0 radical (unpaired) electrons. The summed E-state index contributed by atoms with van der Waals surface area (Å²) < 4.78 is 27.1. The van der Waals surface area contributed by atoms with Crippen molar-refractivity contribution in [3.8, 4) is 11.4 Å². The number of hydrogen-bond donors (Lipinski definition) is 0. The van der Waals surface area contributed by atoms with Crippen molar-refractivity contribution in [1.82, 2.24) is 24.9 Å². The van der Waals surface area contributed by atoms with E-state index in [1.807, 2.05) is 25.1 Å². The molecule has 1 aliphatic heterocycles. The van der Waals surface area contributed by atoms with Crippen LogP contribution >= 0.6 is 11.8 Å². The maximum absolute atomic E-state index is 14.0. The maximum Gasteiger partial charge on any atom is 0.240 e. The van der Waals surface area contributed by atoms with Gasteiger partial charge in [0, 0.05) is 18.7 Å². The van der Waals surface area contributed by atoms with Crippen LogP contribution in [-0.2, 0) is 11.3 Å². The quantitative estimate of drug-likeness (QED) is 0.357. The van der Waals surface area contributed by atoms with Gasteiger partial charge in [-0.05, 0) is 31.0 Å². The number of nitrogens with zero attached hydrogens (tertiary/aromatic N) is 6. The van der Waals surface area contributed by atoms with E-state index in [0.29, 0.717) is 42.6 Å². The van der Waals surface area contributed by atoms with Gasteiger partial charge in [-0.25, -0.2) is 4.39 Å². The minimum atomic E-state index is -0.295. The van der Waals surface area contributed by atoms with E-state index in [1.165, 1.54) is 17.8 Å². The molecule has 1 saturated heterocycles. The van der Waals surface area contributed by atoms with Crippen LogP contribution in [0.15, 0.2) is 58.2 Å². The van der Waals surface area contributed by atoms with E-state index in [0.717, 1.165) is 29.8 Å². The van der Waals surface area contributed by atoms with Gasteiger partial charge >= 0.3 is 0 Å². The van der Waals surface area contributed by atoms with Crippen molar-refractivity contribution in [2.45, 2.75) is 30.8 Å². The first-order chi connectivity index (χ1) is 16.6. The summed E-state index contributed by atoms with van der Waals surface area (Å²) in [5.74, 6) is 1.34. The second-order valence-corrected chi connectivity index (χ2v) is 9.44. The Bertz CT molecular complexity index is 1260. The van der Waals surface area contributed by atoms with Crippen molar-refractivity contribution >= 4 is 17.7 Å². The number of aromatic nitrogens is 5. The van der Waals surface area contributed by atoms with Gasteiger partial charge in [-0.15, -0.1) is 10.2 Å². The standard InChI is InChI=1S/C24H25FN6O2S/c1-16-8-9-19(14-20(16)25)21-26-22(33-29-21)17(2)34-24-28-27-23(30-10-12-32-13-11-30)31(24)15-18-6-4-3-5-7-18/h3-9,14,17H,10-13,15H2,1-2H3. The molecule has 8 nitrogen and oxygen atoms in total. The first-order valence-corrected chi connectivity index (χ1v) is 12.0. The predicted molar refractivity (Wildman–Crippen MR) is 127 cm³/mol. The van der Waals surface area contributed by atoms with Crippen LogP contribution in [0, 0.1) is 12.7 Å². The van der Waals surface area contributed by atoms with E-state index < -0.39 is 0 Å². The lowest BCUT2D eigenvalue weighted by Gasteiger charge is -2.28. The zero-order chi connectivity index (χ0) is 23.5. The van der Waals surface area contributed by atoms with E-state index in [1.54, 1.807) is 19.1 Å². The normalized spacial score (nSPS) is 15.0. The fraction of sp³-hybridized carbons (Fsp3) is 0.333. The highest BCUT2D eigenvalue weighted by molar-refractivity contribution is 7.99. The van der Waals surface area contributed by atoms with Crippen molar-refractivity contribution in [1.29, 1.82) is 0 Å². The maximum atomic E-state index is 14.0. The van der Waals surface area contributed by atoms with Gasteiger partial charge in [0.15, 0.2) is 5.16 Å². The Morgan fingerprint density at radius 1 is 1.09 bits per heavy atom. The van der Waals surface area contributed by atoms with Crippen molar-refractivity contribution in [3.05, 3.63) is 71.4 Å². The predicted octanol–water partition coefficient (Wildman–Crippen LogP) is 4.51. The van der Waals surface area contributed by atoms with Gasteiger partial charge in [0.1, 0.15) is 5.82 Å². The number of anilines is 1. The zero-order valence-electron chi connectivity index (χ0n) is 19.0. The Kier molecular flexibility index (Phi) is 6.59. The summed E-state index contributed by atoms with van der Waals surface area (Å²) >= 11 is 1.50. The molecule has 1 atom stereocenters. The fourth-order valence-electron chi connectivity index (χ4n) is 3.73. The van der Waals surface area contributed by atoms with Crippen LogP contribution in [0.2, 0.25) is 0 Å². The molecule has 2 aromatic heterocycles. The van der Waals surface area contributed by atoms with Gasteiger partial charge in [-0.3, -0.25) is 4.57 Å². The molecule has 0 saturated carbocycles. The average molecular weight is 481 g/mol. The van der Waals surface area contributed by atoms with Gasteiger partial charge in [0.2, 0.25) is 17.7 Å². The molecule has 5 rings (SSSR count). The first-order valence-electron chi connectivity index (χ1n) is 11.1. The highest BCUT2D eigenvalue weighted by Crippen LogP contribution is 2.35. The monoisotopic (exact) mass is 480 g/mol. The molecule has 176 valence electrons. The second-order valence-electron chi connectivity index (χ2n) is 8.13. The summed E-state index contributed by atoms with van der Waals surface area (Å²) in [5, 5.41) is 13.6. The zero-order valence-corrected chi connectivity index (χ0v) is 19.8. The number of hydrogen-bond acceptors (Lipinski definition) is 8. The molecule has 0 bridgehead atoms. The van der Waals surface area contributed by atoms with Crippen LogP contribution in [0.1, 0.15) is 29.2 Å². The lowest BCUT2D eigenvalue weighted by atomic mass is 10.1. The van der Waals surface area contributed by atoms with E-state index in [9.17, 15) is 4.39 Å². The Morgan fingerprint density at radius 3 is 2.65 bits per heavy atom. The molecular weight excluding hydrogens is 455 g/mol. The molecule has 34 heavy (non-hydrogen) atoms. The molecule has 0 amide bonds. The number of ether oxygens (including phenoxy) is 1. The number of aryl methyl sites for hydroxylation is 1. The van der Waals surface area contributed by atoms with Crippen molar-refractivity contribution in [3.63, 3.8) is 0 Å². The van der Waals surface area contributed by atoms with Gasteiger partial charge in [-0.1, -0.05) is 59.4 Å². The molecule has 4 aromatic rings. The van der Waals surface area contributed by atoms with Gasteiger partial charge in [0.05, 0.1) is 25.0 Å². The van der Waals surface area contributed by atoms with Gasteiger partial charge in [-0.2, -0.15) is 4.98 Å². The molecular formula is C24H25FN6O2S. The second kappa shape index (κ2) is 9.94. The van der Waals surface area contributed by atoms with Crippen LogP contribution < -0.4 is 4.90 Å². The third-order valence-corrected chi connectivity index (χ3v) is 6.74. The third-order valence-electron chi connectivity index (χ3n) is 5.68. The van der Waals surface area contributed by atoms with Gasteiger partial charge < -0.3 is 14.2 Å². The Morgan fingerprint density at radius 2 is 1.88 bits per heavy atom. The summed E-state index contributed by atoms with van der Waals surface area (Å²) in [4.78, 5) is 6.71. The van der Waals surface area contributed by atoms with Crippen LogP contribution in [0.4, 0.5) is 10.3 Å². The topological polar surface area (TPSA) is 82.1 Å². The number of thioether (sulfide) groups is 1. The Balaban J connectivity index is 1.39. The van der Waals surface area contributed by atoms with Crippen molar-refractivity contribution in [2.24, 2.45) is 0 Å². The SMILES string of the molecule is Cc1ccc(-c2noc(C(C)Sc3nnc(N4CCOCC4)n3Cc3ccccc3)n2)cc1F. The molecule has 0 aliphatic carbocycles. The number of halogens is 1. The highest BCUT2D eigenvalue weighted by Gasteiger charge is 2.24. The largest absolute Gasteiger partial charge is 0.378 e. The minimum Gasteiger partial charge on any atom is -0.378 e. The molecule has 10 heteroatoms.